The van der Waals surface area contributed by atoms with Gasteiger partial charge in [0, 0.05) is 24.3 Å². The van der Waals surface area contributed by atoms with E-state index in [1.165, 1.54) is 0 Å². The molecule has 116 valence electrons. The predicted octanol–water partition coefficient (Wildman–Crippen LogP) is 2.14. The first-order valence-electron chi connectivity index (χ1n) is 7.19. The molecule has 0 aromatic heterocycles. The second kappa shape index (κ2) is 7.47. The van der Waals surface area contributed by atoms with Gasteiger partial charge in [0.25, 0.3) is 0 Å². The highest BCUT2D eigenvalue weighted by Crippen LogP contribution is 2.23. The standard InChI is InChI=1S/C15H20F2N2O2/c16-11-7-12(17)9-13(8-11)18-15(21)10-19(5-6-20)14-3-1-2-4-14/h7-9,14,20H,1-6,10H2,(H,18,21). The summed E-state index contributed by atoms with van der Waals surface area (Å²) in [6, 6.07) is 3.21. The van der Waals surface area contributed by atoms with Gasteiger partial charge in [0.2, 0.25) is 5.91 Å². The molecule has 4 nitrogen and oxygen atoms in total. The summed E-state index contributed by atoms with van der Waals surface area (Å²) in [4.78, 5) is 13.9. The van der Waals surface area contributed by atoms with Gasteiger partial charge in [-0.1, -0.05) is 12.8 Å². The Morgan fingerprint density at radius 1 is 1.24 bits per heavy atom. The minimum atomic E-state index is -0.728. The van der Waals surface area contributed by atoms with Gasteiger partial charge in [-0.05, 0) is 25.0 Å². The second-order valence-electron chi connectivity index (χ2n) is 5.34. The number of anilines is 1. The second-order valence-corrected chi connectivity index (χ2v) is 5.34. The van der Waals surface area contributed by atoms with Gasteiger partial charge in [0.05, 0.1) is 13.2 Å². The average Bonchev–Trinajstić information content (AvgIpc) is 2.90. The molecule has 0 atom stereocenters. The summed E-state index contributed by atoms with van der Waals surface area (Å²) in [5.74, 6) is -1.79. The third kappa shape index (κ3) is 4.75. The molecule has 1 fully saturated rings. The third-order valence-electron chi connectivity index (χ3n) is 3.72. The molecule has 6 heteroatoms. The fraction of sp³-hybridized carbons (Fsp3) is 0.533. The van der Waals surface area contributed by atoms with Crippen molar-refractivity contribution in [1.82, 2.24) is 4.90 Å². The van der Waals surface area contributed by atoms with Crippen molar-refractivity contribution in [2.75, 3.05) is 25.0 Å². The molecular formula is C15H20F2N2O2. The number of benzene rings is 1. The monoisotopic (exact) mass is 298 g/mol. The first-order chi connectivity index (χ1) is 10.1. The average molecular weight is 298 g/mol. The van der Waals surface area contributed by atoms with E-state index in [0.717, 1.165) is 43.9 Å². The first kappa shape index (κ1) is 15.9. The van der Waals surface area contributed by atoms with Crippen LogP contribution in [0.3, 0.4) is 0 Å². The Bertz CT molecular complexity index is 470. The molecule has 2 N–H and O–H groups in total. The van der Waals surface area contributed by atoms with Crippen LogP contribution in [0.2, 0.25) is 0 Å². The van der Waals surface area contributed by atoms with Crippen molar-refractivity contribution in [2.45, 2.75) is 31.7 Å². The van der Waals surface area contributed by atoms with E-state index >= 15 is 0 Å². The maximum atomic E-state index is 13.1. The summed E-state index contributed by atoms with van der Waals surface area (Å²) in [7, 11) is 0. The number of carbonyl (C=O) groups is 1. The van der Waals surface area contributed by atoms with Gasteiger partial charge in [-0.2, -0.15) is 0 Å². The Labute approximate surface area is 122 Å². The van der Waals surface area contributed by atoms with Gasteiger partial charge in [-0.3, -0.25) is 9.69 Å². The highest BCUT2D eigenvalue weighted by molar-refractivity contribution is 5.92. The number of rotatable bonds is 6. The first-order valence-corrected chi connectivity index (χ1v) is 7.19. The number of carbonyl (C=O) groups excluding carboxylic acids is 1. The summed E-state index contributed by atoms with van der Waals surface area (Å²) in [6.07, 6.45) is 4.29. The molecule has 0 unspecified atom stereocenters. The number of nitrogens with zero attached hydrogens (tertiary/aromatic N) is 1. The number of aliphatic hydroxyl groups excluding tert-OH is 1. The van der Waals surface area contributed by atoms with Gasteiger partial charge in [0.1, 0.15) is 11.6 Å². The normalized spacial score (nSPS) is 15.6. The van der Waals surface area contributed by atoms with Crippen molar-refractivity contribution in [3.63, 3.8) is 0 Å². The molecule has 0 radical (unpaired) electrons. The molecule has 0 aliphatic heterocycles. The molecule has 0 saturated heterocycles. The zero-order valence-electron chi connectivity index (χ0n) is 11.8. The van der Waals surface area contributed by atoms with Crippen LogP contribution in [0, 0.1) is 11.6 Å². The quantitative estimate of drug-likeness (QED) is 0.846. The summed E-state index contributed by atoms with van der Waals surface area (Å²) in [5.41, 5.74) is 0.105. The molecule has 2 rings (SSSR count). The summed E-state index contributed by atoms with van der Waals surface area (Å²) >= 11 is 0. The van der Waals surface area contributed by atoms with E-state index in [2.05, 4.69) is 5.32 Å². The Morgan fingerprint density at radius 2 is 1.86 bits per heavy atom. The number of aliphatic hydroxyl groups is 1. The molecule has 1 aliphatic carbocycles. The smallest absolute Gasteiger partial charge is 0.238 e. The summed E-state index contributed by atoms with van der Waals surface area (Å²) < 4.78 is 26.1. The van der Waals surface area contributed by atoms with Gasteiger partial charge >= 0.3 is 0 Å². The maximum Gasteiger partial charge on any atom is 0.238 e. The van der Waals surface area contributed by atoms with E-state index in [9.17, 15) is 13.6 Å². The zero-order valence-corrected chi connectivity index (χ0v) is 11.8. The van der Waals surface area contributed by atoms with Gasteiger partial charge in [-0.15, -0.1) is 0 Å². The molecule has 0 spiro atoms. The van der Waals surface area contributed by atoms with Crippen molar-refractivity contribution in [3.05, 3.63) is 29.8 Å². The highest BCUT2D eigenvalue weighted by atomic mass is 19.1. The number of amides is 1. The number of hydrogen-bond acceptors (Lipinski definition) is 3. The van der Waals surface area contributed by atoms with Gasteiger partial charge < -0.3 is 10.4 Å². The van der Waals surface area contributed by atoms with Crippen LogP contribution < -0.4 is 5.32 Å². The topological polar surface area (TPSA) is 52.6 Å². The lowest BCUT2D eigenvalue weighted by atomic mass is 10.2. The van der Waals surface area contributed by atoms with E-state index in [1.54, 1.807) is 0 Å². The molecule has 0 bridgehead atoms. The van der Waals surface area contributed by atoms with E-state index in [1.807, 2.05) is 4.90 Å². The van der Waals surface area contributed by atoms with Crippen LogP contribution in [0.1, 0.15) is 25.7 Å². The van der Waals surface area contributed by atoms with Crippen molar-refractivity contribution in [3.8, 4) is 0 Å². The predicted molar refractivity (Wildman–Crippen MR) is 75.9 cm³/mol. The van der Waals surface area contributed by atoms with E-state index in [4.69, 9.17) is 5.11 Å². The fourth-order valence-corrected chi connectivity index (χ4v) is 2.80. The van der Waals surface area contributed by atoms with Crippen molar-refractivity contribution in [1.29, 1.82) is 0 Å². The van der Waals surface area contributed by atoms with Crippen molar-refractivity contribution < 1.29 is 18.7 Å². The van der Waals surface area contributed by atoms with E-state index in [0.29, 0.717) is 12.6 Å². The SMILES string of the molecule is O=C(CN(CCO)C1CCCC1)Nc1cc(F)cc(F)c1. The number of nitrogens with one attached hydrogen (secondary N) is 1. The van der Waals surface area contributed by atoms with Crippen LogP contribution in [0.25, 0.3) is 0 Å². The van der Waals surface area contributed by atoms with Crippen LogP contribution in [-0.4, -0.2) is 41.7 Å². The van der Waals surface area contributed by atoms with Gasteiger partial charge in [-0.25, -0.2) is 8.78 Å². The van der Waals surface area contributed by atoms with Crippen LogP contribution in [-0.2, 0) is 4.79 Å². The molecule has 21 heavy (non-hydrogen) atoms. The lowest BCUT2D eigenvalue weighted by Gasteiger charge is -2.27. The van der Waals surface area contributed by atoms with Crippen LogP contribution in [0.5, 0.6) is 0 Å². The molecule has 1 aromatic rings. The fourth-order valence-electron chi connectivity index (χ4n) is 2.80. The Hall–Kier alpha value is -1.53. The van der Waals surface area contributed by atoms with Crippen LogP contribution in [0.4, 0.5) is 14.5 Å². The molecule has 1 saturated carbocycles. The lowest BCUT2D eigenvalue weighted by molar-refractivity contribution is -0.118. The maximum absolute atomic E-state index is 13.1. The Morgan fingerprint density at radius 3 is 2.43 bits per heavy atom. The molecule has 0 heterocycles. The largest absolute Gasteiger partial charge is 0.395 e. The highest BCUT2D eigenvalue weighted by Gasteiger charge is 2.23. The lowest BCUT2D eigenvalue weighted by Crippen LogP contribution is -2.41. The van der Waals surface area contributed by atoms with E-state index in [-0.39, 0.29) is 24.7 Å². The van der Waals surface area contributed by atoms with Crippen LogP contribution >= 0.6 is 0 Å². The molecule has 1 aliphatic rings. The zero-order chi connectivity index (χ0) is 15.2. The summed E-state index contributed by atoms with van der Waals surface area (Å²) in [6.45, 7) is 0.525. The minimum absolute atomic E-state index is 0.0155. The minimum Gasteiger partial charge on any atom is -0.395 e. The van der Waals surface area contributed by atoms with E-state index < -0.39 is 11.6 Å². The number of hydrogen-bond donors (Lipinski definition) is 2. The summed E-state index contributed by atoms with van der Waals surface area (Å²) in [5, 5.41) is 11.6. The van der Waals surface area contributed by atoms with Gasteiger partial charge in [0.15, 0.2) is 0 Å². The number of halogens is 2. The Balaban J connectivity index is 1.94. The van der Waals surface area contributed by atoms with Crippen molar-refractivity contribution in [2.24, 2.45) is 0 Å². The van der Waals surface area contributed by atoms with Crippen LogP contribution in [0.15, 0.2) is 18.2 Å². The third-order valence-corrected chi connectivity index (χ3v) is 3.72. The van der Waals surface area contributed by atoms with Crippen molar-refractivity contribution >= 4 is 11.6 Å². The molecule has 1 amide bonds. The molecular weight excluding hydrogens is 278 g/mol. The Kier molecular flexibility index (Phi) is 5.64. The molecule has 1 aromatic carbocycles.